The summed E-state index contributed by atoms with van der Waals surface area (Å²) >= 11 is 0. The van der Waals surface area contributed by atoms with E-state index < -0.39 is 7.14 Å². The number of aryl methyl sites for hydroxylation is 3. The summed E-state index contributed by atoms with van der Waals surface area (Å²) in [6, 6.07) is 25.5. The molecule has 0 spiro atoms. The van der Waals surface area contributed by atoms with Gasteiger partial charge in [0, 0.05) is 15.9 Å². The van der Waals surface area contributed by atoms with Crippen LogP contribution in [0, 0.1) is 0 Å². The molecule has 0 N–H and O–H groups in total. The molecule has 0 unspecified atom stereocenters. The summed E-state index contributed by atoms with van der Waals surface area (Å²) < 4.78 is 15.6. The molecule has 3 aromatic rings. The van der Waals surface area contributed by atoms with Crippen molar-refractivity contribution in [1.29, 1.82) is 0 Å². The van der Waals surface area contributed by atoms with E-state index in [1.807, 2.05) is 0 Å². The minimum atomic E-state index is -3.01. The topological polar surface area (TPSA) is 17.1 Å². The maximum absolute atomic E-state index is 15.6. The molecule has 0 radical (unpaired) electrons. The Morgan fingerprint density at radius 3 is 1.06 bits per heavy atom. The summed E-state index contributed by atoms with van der Waals surface area (Å²) in [4.78, 5) is 0. The Morgan fingerprint density at radius 1 is 0.500 bits per heavy atom. The molecule has 3 rings (SSSR count). The van der Waals surface area contributed by atoms with Crippen LogP contribution in [0.5, 0.6) is 0 Å². The second-order valence-corrected chi connectivity index (χ2v) is 11.5. The molecule has 0 aliphatic rings. The van der Waals surface area contributed by atoms with Crippen LogP contribution in [0.3, 0.4) is 0 Å². The van der Waals surface area contributed by atoms with Crippen LogP contribution < -0.4 is 15.9 Å². The van der Waals surface area contributed by atoms with Gasteiger partial charge in [-0.15, -0.1) is 0 Å². The van der Waals surface area contributed by atoms with Crippen molar-refractivity contribution in [2.45, 2.75) is 78.6 Å². The number of unbranched alkanes of at least 4 members (excludes halogenated alkanes) is 3. The molecule has 0 bridgehead atoms. The first kappa shape index (κ1) is 24.5. The SMILES string of the molecule is CCCCc1ccccc1P(=O)(c1ccccc1CCCC)c1ccccc1CCCC. The van der Waals surface area contributed by atoms with E-state index in [-0.39, 0.29) is 0 Å². The smallest absolute Gasteiger partial charge is 0.171 e. The van der Waals surface area contributed by atoms with Crippen LogP contribution in [-0.2, 0) is 23.8 Å². The van der Waals surface area contributed by atoms with Gasteiger partial charge in [0.15, 0.2) is 7.14 Å². The van der Waals surface area contributed by atoms with Crippen molar-refractivity contribution in [2.24, 2.45) is 0 Å². The van der Waals surface area contributed by atoms with E-state index in [0.717, 1.165) is 73.7 Å². The van der Waals surface area contributed by atoms with E-state index in [9.17, 15) is 0 Å². The van der Waals surface area contributed by atoms with Gasteiger partial charge in [0.1, 0.15) is 0 Å². The monoisotopic (exact) mass is 446 g/mol. The van der Waals surface area contributed by atoms with Gasteiger partial charge < -0.3 is 4.57 Å². The van der Waals surface area contributed by atoms with Gasteiger partial charge >= 0.3 is 0 Å². The van der Waals surface area contributed by atoms with Crippen molar-refractivity contribution in [1.82, 2.24) is 0 Å². The highest BCUT2D eigenvalue weighted by atomic mass is 31.2. The van der Waals surface area contributed by atoms with Crippen molar-refractivity contribution in [3.05, 3.63) is 89.5 Å². The minimum absolute atomic E-state index is 0.977. The van der Waals surface area contributed by atoms with Crippen LogP contribution in [-0.4, -0.2) is 0 Å². The molecule has 0 aromatic heterocycles. The number of hydrogen-bond donors (Lipinski definition) is 0. The van der Waals surface area contributed by atoms with Gasteiger partial charge in [-0.1, -0.05) is 113 Å². The highest BCUT2D eigenvalue weighted by molar-refractivity contribution is 7.85. The third kappa shape index (κ3) is 5.44. The molecular formula is C30H39OP. The number of rotatable bonds is 12. The molecule has 1 nitrogen and oxygen atoms in total. The van der Waals surface area contributed by atoms with Gasteiger partial charge in [-0.2, -0.15) is 0 Å². The lowest BCUT2D eigenvalue weighted by Gasteiger charge is -2.27. The normalized spacial score (nSPS) is 11.6. The zero-order chi connectivity index (χ0) is 22.8. The van der Waals surface area contributed by atoms with Gasteiger partial charge in [0.25, 0.3) is 0 Å². The fourth-order valence-corrected chi connectivity index (χ4v) is 8.02. The molecule has 3 aromatic carbocycles. The van der Waals surface area contributed by atoms with E-state index in [4.69, 9.17) is 0 Å². The molecule has 32 heavy (non-hydrogen) atoms. The maximum atomic E-state index is 15.6. The second kappa shape index (κ2) is 12.2. The summed E-state index contributed by atoms with van der Waals surface area (Å²) in [6.07, 6.45) is 9.70. The van der Waals surface area contributed by atoms with Gasteiger partial charge in [-0.05, 0) is 55.2 Å². The number of benzene rings is 3. The summed E-state index contributed by atoms with van der Waals surface area (Å²) in [5.41, 5.74) is 3.73. The highest BCUT2D eigenvalue weighted by Gasteiger charge is 2.35. The van der Waals surface area contributed by atoms with Gasteiger partial charge in [0.2, 0.25) is 0 Å². The third-order valence-electron chi connectivity index (χ3n) is 6.39. The molecule has 0 heterocycles. The summed E-state index contributed by atoms with van der Waals surface area (Å²) in [7, 11) is -3.01. The first-order valence-corrected chi connectivity index (χ1v) is 14.2. The largest absolute Gasteiger partial charge is 0.309 e. The highest BCUT2D eigenvalue weighted by Crippen LogP contribution is 2.46. The van der Waals surface area contributed by atoms with Crippen LogP contribution >= 0.6 is 7.14 Å². The lowest BCUT2D eigenvalue weighted by Crippen LogP contribution is -2.31. The average Bonchev–Trinajstić information content (AvgIpc) is 2.85. The van der Waals surface area contributed by atoms with Crippen molar-refractivity contribution >= 4 is 23.1 Å². The predicted octanol–water partition coefficient (Wildman–Crippen LogP) is 7.35. The second-order valence-electron chi connectivity index (χ2n) is 8.81. The summed E-state index contributed by atoms with van der Waals surface area (Å²) in [5, 5.41) is 3.13. The molecule has 0 aliphatic heterocycles. The van der Waals surface area contributed by atoms with Crippen molar-refractivity contribution in [2.75, 3.05) is 0 Å². The fraction of sp³-hybridized carbons (Fsp3) is 0.400. The molecule has 170 valence electrons. The van der Waals surface area contributed by atoms with E-state index in [0.29, 0.717) is 0 Å². The van der Waals surface area contributed by atoms with Crippen molar-refractivity contribution < 1.29 is 4.57 Å². The Kier molecular flexibility index (Phi) is 9.36. The van der Waals surface area contributed by atoms with E-state index >= 15 is 4.57 Å². The maximum Gasteiger partial charge on any atom is 0.171 e. The van der Waals surface area contributed by atoms with Gasteiger partial charge in [-0.25, -0.2) is 0 Å². The Balaban J connectivity index is 2.30. The molecule has 0 aliphatic carbocycles. The molecule has 0 fully saturated rings. The summed E-state index contributed by atoms with van der Waals surface area (Å²) in [5.74, 6) is 0. The molecule has 0 atom stereocenters. The van der Waals surface area contributed by atoms with E-state index in [2.05, 4.69) is 93.6 Å². The average molecular weight is 447 g/mol. The molecular weight excluding hydrogens is 407 g/mol. The van der Waals surface area contributed by atoms with E-state index in [1.54, 1.807) is 0 Å². The fourth-order valence-electron chi connectivity index (χ4n) is 4.58. The first-order chi connectivity index (χ1) is 15.7. The zero-order valence-corrected chi connectivity index (χ0v) is 21.0. The van der Waals surface area contributed by atoms with Gasteiger partial charge in [-0.3, -0.25) is 0 Å². The molecule has 0 amide bonds. The molecule has 0 saturated heterocycles. The molecule has 2 heteroatoms. The van der Waals surface area contributed by atoms with Crippen LogP contribution in [0.4, 0.5) is 0 Å². The quantitative estimate of drug-likeness (QED) is 0.266. The van der Waals surface area contributed by atoms with Crippen LogP contribution in [0.25, 0.3) is 0 Å². The Morgan fingerprint density at radius 2 is 0.781 bits per heavy atom. The van der Waals surface area contributed by atoms with Crippen LogP contribution in [0.2, 0.25) is 0 Å². The Labute approximate surface area is 195 Å². The van der Waals surface area contributed by atoms with Crippen LogP contribution in [0.15, 0.2) is 72.8 Å². The van der Waals surface area contributed by atoms with E-state index in [1.165, 1.54) is 16.7 Å². The molecule has 0 saturated carbocycles. The third-order valence-corrected chi connectivity index (χ3v) is 9.74. The van der Waals surface area contributed by atoms with Crippen molar-refractivity contribution in [3.8, 4) is 0 Å². The van der Waals surface area contributed by atoms with Gasteiger partial charge in [0.05, 0.1) is 0 Å². The zero-order valence-electron chi connectivity index (χ0n) is 20.1. The standard InChI is InChI=1S/C30H39OP/c1-4-7-16-25-19-10-13-22-28(25)32(31,29-23-14-11-20-26(29)17-8-5-2)30-24-15-12-21-27(30)18-9-6-3/h10-15,19-24H,4-9,16-18H2,1-3H3. The Bertz CT molecular complexity index is 904. The Hall–Kier alpha value is -2.11. The lowest BCUT2D eigenvalue weighted by atomic mass is 10.1. The number of hydrogen-bond acceptors (Lipinski definition) is 1. The minimum Gasteiger partial charge on any atom is -0.309 e. The first-order valence-electron chi connectivity index (χ1n) is 12.5. The van der Waals surface area contributed by atoms with Crippen molar-refractivity contribution in [3.63, 3.8) is 0 Å². The predicted molar refractivity (Wildman–Crippen MR) is 142 cm³/mol. The summed E-state index contributed by atoms with van der Waals surface area (Å²) in [6.45, 7) is 6.67. The van der Waals surface area contributed by atoms with Crippen LogP contribution in [0.1, 0.15) is 76.0 Å². The lowest BCUT2D eigenvalue weighted by molar-refractivity contribution is 0.591.